The number of amides is 1. The van der Waals surface area contributed by atoms with E-state index in [1.165, 1.54) is 0 Å². The van der Waals surface area contributed by atoms with Gasteiger partial charge in [-0.05, 0) is 44.1 Å². The minimum atomic E-state index is 0.165. The van der Waals surface area contributed by atoms with Gasteiger partial charge in [0.25, 0.3) is 5.91 Å². The molecule has 1 aromatic rings. The van der Waals surface area contributed by atoms with Crippen molar-refractivity contribution in [2.75, 3.05) is 26.2 Å². The Morgan fingerprint density at radius 3 is 2.75 bits per heavy atom. The molecule has 4 heteroatoms. The standard InChI is InChI=1S/C16H23BrN2O/c1-4-18(5-2)13-9-10-19(11-13)16(20)14-7-6-8-15(17)12(14)3/h6-8,13H,4-5,9-11H2,1-3H3. The highest BCUT2D eigenvalue weighted by atomic mass is 79.9. The molecule has 1 saturated heterocycles. The number of benzene rings is 1. The highest BCUT2D eigenvalue weighted by Crippen LogP contribution is 2.23. The van der Waals surface area contributed by atoms with Gasteiger partial charge in [0, 0.05) is 29.2 Å². The molecule has 1 aliphatic rings. The second-order valence-corrected chi connectivity index (χ2v) is 6.18. The zero-order valence-electron chi connectivity index (χ0n) is 12.5. The molecule has 1 heterocycles. The normalized spacial score (nSPS) is 18.9. The van der Waals surface area contributed by atoms with E-state index in [2.05, 4.69) is 34.7 Å². The van der Waals surface area contributed by atoms with Crippen molar-refractivity contribution in [3.8, 4) is 0 Å². The lowest BCUT2D eigenvalue weighted by atomic mass is 10.1. The Hall–Kier alpha value is -0.870. The number of carbonyl (C=O) groups excluding carboxylic acids is 1. The summed E-state index contributed by atoms with van der Waals surface area (Å²) in [5, 5.41) is 0. The zero-order valence-corrected chi connectivity index (χ0v) is 14.1. The fourth-order valence-electron chi connectivity index (χ4n) is 2.97. The predicted octanol–water partition coefficient (Wildman–Crippen LogP) is 3.31. The molecule has 0 saturated carbocycles. The summed E-state index contributed by atoms with van der Waals surface area (Å²) in [6.07, 6.45) is 1.08. The van der Waals surface area contributed by atoms with Crippen LogP contribution in [-0.2, 0) is 0 Å². The smallest absolute Gasteiger partial charge is 0.254 e. The van der Waals surface area contributed by atoms with Gasteiger partial charge >= 0.3 is 0 Å². The summed E-state index contributed by atoms with van der Waals surface area (Å²) in [5.41, 5.74) is 1.85. The molecule has 0 bridgehead atoms. The molecule has 1 amide bonds. The van der Waals surface area contributed by atoms with E-state index in [1.807, 2.05) is 30.0 Å². The van der Waals surface area contributed by atoms with Gasteiger partial charge in [0.1, 0.15) is 0 Å². The van der Waals surface area contributed by atoms with Gasteiger partial charge in [0.05, 0.1) is 0 Å². The van der Waals surface area contributed by atoms with Gasteiger partial charge in [-0.25, -0.2) is 0 Å². The first-order chi connectivity index (χ1) is 9.58. The average molecular weight is 339 g/mol. The first-order valence-electron chi connectivity index (χ1n) is 7.36. The van der Waals surface area contributed by atoms with Crippen LogP contribution in [0.3, 0.4) is 0 Å². The molecule has 1 atom stereocenters. The summed E-state index contributed by atoms with van der Waals surface area (Å²) in [6, 6.07) is 6.35. The van der Waals surface area contributed by atoms with Crippen molar-refractivity contribution in [3.63, 3.8) is 0 Å². The van der Waals surface area contributed by atoms with Crippen molar-refractivity contribution >= 4 is 21.8 Å². The molecule has 0 aliphatic carbocycles. The van der Waals surface area contributed by atoms with Gasteiger partial charge in [-0.3, -0.25) is 9.69 Å². The number of rotatable bonds is 4. The quantitative estimate of drug-likeness (QED) is 0.840. The number of nitrogens with zero attached hydrogens (tertiary/aromatic N) is 2. The Morgan fingerprint density at radius 1 is 1.40 bits per heavy atom. The van der Waals surface area contributed by atoms with Crippen LogP contribution in [0, 0.1) is 6.92 Å². The third kappa shape index (κ3) is 3.07. The molecule has 0 spiro atoms. The molecule has 1 unspecified atom stereocenters. The second-order valence-electron chi connectivity index (χ2n) is 5.33. The molecule has 1 aliphatic heterocycles. The third-order valence-electron chi connectivity index (χ3n) is 4.28. The van der Waals surface area contributed by atoms with Crippen LogP contribution >= 0.6 is 15.9 Å². The van der Waals surface area contributed by atoms with E-state index in [0.717, 1.165) is 48.2 Å². The molecule has 2 rings (SSSR count). The predicted molar refractivity (Wildman–Crippen MR) is 86.1 cm³/mol. The van der Waals surface area contributed by atoms with E-state index in [-0.39, 0.29) is 5.91 Å². The lowest BCUT2D eigenvalue weighted by Crippen LogP contribution is -2.38. The van der Waals surface area contributed by atoms with E-state index in [9.17, 15) is 4.79 Å². The van der Waals surface area contributed by atoms with E-state index in [4.69, 9.17) is 0 Å². The fraction of sp³-hybridized carbons (Fsp3) is 0.562. The molecule has 0 aromatic heterocycles. The summed E-state index contributed by atoms with van der Waals surface area (Å²) in [5.74, 6) is 0.165. The summed E-state index contributed by atoms with van der Waals surface area (Å²) in [4.78, 5) is 17.1. The molecule has 0 radical (unpaired) electrons. The molecular formula is C16H23BrN2O. The second kappa shape index (κ2) is 6.72. The van der Waals surface area contributed by atoms with Gasteiger partial charge in [-0.1, -0.05) is 35.8 Å². The number of carbonyl (C=O) groups is 1. The van der Waals surface area contributed by atoms with Gasteiger partial charge in [-0.2, -0.15) is 0 Å². The Kier molecular flexibility index (Phi) is 5.22. The van der Waals surface area contributed by atoms with Crippen LogP contribution < -0.4 is 0 Å². The monoisotopic (exact) mass is 338 g/mol. The largest absolute Gasteiger partial charge is 0.337 e. The number of hydrogen-bond acceptors (Lipinski definition) is 2. The fourth-order valence-corrected chi connectivity index (χ4v) is 3.34. The molecule has 20 heavy (non-hydrogen) atoms. The summed E-state index contributed by atoms with van der Waals surface area (Å²) < 4.78 is 1.00. The van der Waals surface area contributed by atoms with Crippen molar-refractivity contribution in [1.29, 1.82) is 0 Å². The number of hydrogen-bond donors (Lipinski definition) is 0. The maximum Gasteiger partial charge on any atom is 0.254 e. The SMILES string of the molecule is CCN(CC)C1CCN(C(=O)c2cccc(Br)c2C)C1. The molecule has 1 aromatic carbocycles. The average Bonchev–Trinajstić information content (AvgIpc) is 2.92. The Balaban J connectivity index is 2.10. The maximum absolute atomic E-state index is 12.7. The van der Waals surface area contributed by atoms with Gasteiger partial charge in [0.15, 0.2) is 0 Å². The van der Waals surface area contributed by atoms with Crippen molar-refractivity contribution in [1.82, 2.24) is 9.80 Å². The third-order valence-corrected chi connectivity index (χ3v) is 5.14. The summed E-state index contributed by atoms with van der Waals surface area (Å²) in [6.45, 7) is 10.2. The molecule has 1 fully saturated rings. The van der Waals surface area contributed by atoms with E-state index in [1.54, 1.807) is 0 Å². The van der Waals surface area contributed by atoms with Crippen LogP contribution in [0.15, 0.2) is 22.7 Å². The Bertz CT molecular complexity index is 485. The highest BCUT2D eigenvalue weighted by Gasteiger charge is 2.30. The van der Waals surface area contributed by atoms with Crippen LogP contribution in [0.4, 0.5) is 0 Å². The lowest BCUT2D eigenvalue weighted by molar-refractivity contribution is 0.0777. The first-order valence-corrected chi connectivity index (χ1v) is 8.16. The first kappa shape index (κ1) is 15.5. The lowest BCUT2D eigenvalue weighted by Gasteiger charge is -2.26. The van der Waals surface area contributed by atoms with Crippen molar-refractivity contribution in [2.45, 2.75) is 33.2 Å². The van der Waals surface area contributed by atoms with Crippen LogP contribution in [-0.4, -0.2) is 47.9 Å². The van der Waals surface area contributed by atoms with Crippen LogP contribution in [0.2, 0.25) is 0 Å². The van der Waals surface area contributed by atoms with Gasteiger partial charge in [0.2, 0.25) is 0 Å². The number of halogens is 1. The molecule has 0 N–H and O–H groups in total. The maximum atomic E-state index is 12.7. The number of likely N-dealkylation sites (N-methyl/N-ethyl adjacent to an activating group) is 1. The van der Waals surface area contributed by atoms with Crippen molar-refractivity contribution in [3.05, 3.63) is 33.8 Å². The molecule has 3 nitrogen and oxygen atoms in total. The van der Waals surface area contributed by atoms with E-state index in [0.29, 0.717) is 6.04 Å². The highest BCUT2D eigenvalue weighted by molar-refractivity contribution is 9.10. The summed E-state index contributed by atoms with van der Waals surface area (Å²) in [7, 11) is 0. The molecular weight excluding hydrogens is 316 g/mol. The van der Waals surface area contributed by atoms with Crippen LogP contribution in [0.5, 0.6) is 0 Å². The van der Waals surface area contributed by atoms with E-state index >= 15 is 0 Å². The Labute approximate surface area is 130 Å². The topological polar surface area (TPSA) is 23.6 Å². The van der Waals surface area contributed by atoms with Crippen molar-refractivity contribution in [2.24, 2.45) is 0 Å². The summed E-state index contributed by atoms with van der Waals surface area (Å²) >= 11 is 3.50. The minimum absolute atomic E-state index is 0.165. The number of likely N-dealkylation sites (tertiary alicyclic amines) is 1. The van der Waals surface area contributed by atoms with Gasteiger partial charge < -0.3 is 4.90 Å². The van der Waals surface area contributed by atoms with Gasteiger partial charge in [-0.15, -0.1) is 0 Å². The van der Waals surface area contributed by atoms with Crippen LogP contribution in [0.25, 0.3) is 0 Å². The zero-order chi connectivity index (χ0) is 14.7. The van der Waals surface area contributed by atoms with Crippen molar-refractivity contribution < 1.29 is 4.79 Å². The Morgan fingerprint density at radius 2 is 2.10 bits per heavy atom. The van der Waals surface area contributed by atoms with E-state index < -0.39 is 0 Å². The molecule has 110 valence electrons. The van der Waals surface area contributed by atoms with Crippen LogP contribution in [0.1, 0.15) is 36.2 Å². The minimum Gasteiger partial charge on any atom is -0.337 e.